The third-order valence-electron chi connectivity index (χ3n) is 4.05. The summed E-state index contributed by atoms with van der Waals surface area (Å²) in [4.78, 5) is 25.6. The number of halogens is 1. The van der Waals surface area contributed by atoms with Gasteiger partial charge in [-0.25, -0.2) is 9.29 Å². The fraction of sp³-hybridized carbons (Fsp3) is 0.429. The van der Waals surface area contributed by atoms with Crippen LogP contribution in [-0.4, -0.2) is 11.8 Å². The fourth-order valence-corrected chi connectivity index (χ4v) is 3.10. The highest BCUT2D eigenvalue weighted by atomic mass is 19.1. The molecule has 1 aliphatic carbocycles. The van der Waals surface area contributed by atoms with E-state index in [0.29, 0.717) is 5.69 Å². The molecule has 1 aliphatic heterocycles. The summed E-state index contributed by atoms with van der Waals surface area (Å²) in [5, 5.41) is 0. The van der Waals surface area contributed by atoms with Crippen LogP contribution >= 0.6 is 0 Å². The number of amides is 2. The van der Waals surface area contributed by atoms with Crippen LogP contribution in [0.3, 0.4) is 0 Å². The van der Waals surface area contributed by atoms with Crippen molar-refractivity contribution >= 4 is 23.2 Å². The Hall–Kier alpha value is -1.91. The number of imide groups is 1. The van der Waals surface area contributed by atoms with Crippen molar-refractivity contribution in [3.8, 4) is 0 Å². The number of benzene rings is 1. The molecule has 2 N–H and O–H groups in total. The van der Waals surface area contributed by atoms with Gasteiger partial charge in [0.1, 0.15) is 5.82 Å². The molecular weight excluding hydrogens is 247 g/mol. The summed E-state index contributed by atoms with van der Waals surface area (Å²) in [6, 6.07) is 3.95. The number of rotatable bonds is 1. The summed E-state index contributed by atoms with van der Waals surface area (Å²) in [6.07, 6.45) is 3.34. The van der Waals surface area contributed by atoms with Gasteiger partial charge in [-0.2, -0.15) is 0 Å². The molecule has 2 fully saturated rings. The van der Waals surface area contributed by atoms with Gasteiger partial charge >= 0.3 is 0 Å². The van der Waals surface area contributed by atoms with Crippen LogP contribution in [0.2, 0.25) is 0 Å². The molecule has 1 aromatic rings. The minimum absolute atomic E-state index is 0.00981. The molecule has 19 heavy (non-hydrogen) atoms. The zero-order valence-electron chi connectivity index (χ0n) is 10.4. The lowest BCUT2D eigenvalue weighted by molar-refractivity contribution is -0.122. The van der Waals surface area contributed by atoms with Crippen molar-refractivity contribution in [2.24, 2.45) is 11.8 Å². The predicted molar refractivity (Wildman–Crippen MR) is 68.8 cm³/mol. The SMILES string of the molecule is Nc1ccc(F)c(N2C(=O)C3CCCCC3C2=O)c1. The van der Waals surface area contributed by atoms with E-state index in [1.165, 1.54) is 18.2 Å². The van der Waals surface area contributed by atoms with E-state index >= 15 is 0 Å². The van der Waals surface area contributed by atoms with Crippen LogP contribution < -0.4 is 10.6 Å². The molecule has 0 bridgehead atoms. The lowest BCUT2D eigenvalue weighted by atomic mass is 9.81. The quantitative estimate of drug-likeness (QED) is 0.622. The molecule has 4 nitrogen and oxygen atoms in total. The number of carbonyl (C=O) groups is 2. The van der Waals surface area contributed by atoms with E-state index < -0.39 is 5.82 Å². The number of nitrogen functional groups attached to an aromatic ring is 1. The Morgan fingerprint density at radius 2 is 1.68 bits per heavy atom. The average Bonchev–Trinajstić information content (AvgIpc) is 2.66. The topological polar surface area (TPSA) is 63.4 Å². The van der Waals surface area contributed by atoms with Gasteiger partial charge in [-0.15, -0.1) is 0 Å². The summed E-state index contributed by atoms with van der Waals surface area (Å²) < 4.78 is 13.8. The number of nitrogens with two attached hydrogens (primary N) is 1. The first-order valence-corrected chi connectivity index (χ1v) is 6.52. The molecule has 1 aromatic carbocycles. The standard InChI is InChI=1S/C14H15FN2O2/c15-11-6-5-8(16)7-12(11)17-13(18)9-3-1-2-4-10(9)14(17)19/h5-7,9-10H,1-4,16H2. The summed E-state index contributed by atoms with van der Waals surface area (Å²) >= 11 is 0. The van der Waals surface area contributed by atoms with Crippen LogP contribution in [0.4, 0.5) is 15.8 Å². The van der Waals surface area contributed by atoms with Crippen LogP contribution in [0.5, 0.6) is 0 Å². The predicted octanol–water partition coefficient (Wildman–Crippen LogP) is 2.09. The molecule has 3 rings (SSSR count). The van der Waals surface area contributed by atoms with Crippen molar-refractivity contribution in [3.05, 3.63) is 24.0 Å². The molecule has 100 valence electrons. The number of hydrogen-bond acceptors (Lipinski definition) is 3. The number of anilines is 2. The maximum atomic E-state index is 13.8. The van der Waals surface area contributed by atoms with Crippen LogP contribution in [0.15, 0.2) is 18.2 Å². The van der Waals surface area contributed by atoms with E-state index in [-0.39, 0.29) is 29.3 Å². The highest BCUT2D eigenvalue weighted by Crippen LogP contribution is 2.40. The molecule has 2 amide bonds. The molecule has 0 radical (unpaired) electrons. The average molecular weight is 262 g/mol. The maximum Gasteiger partial charge on any atom is 0.237 e. The van der Waals surface area contributed by atoms with Gasteiger partial charge in [0, 0.05) is 5.69 Å². The third kappa shape index (κ3) is 1.80. The van der Waals surface area contributed by atoms with E-state index in [9.17, 15) is 14.0 Å². The number of hydrogen-bond donors (Lipinski definition) is 1. The lowest BCUT2D eigenvalue weighted by Gasteiger charge is -2.19. The third-order valence-corrected chi connectivity index (χ3v) is 4.05. The summed E-state index contributed by atoms with van der Waals surface area (Å²) in [5.74, 6) is -1.70. The van der Waals surface area contributed by atoms with Crippen LogP contribution in [0.1, 0.15) is 25.7 Å². The molecule has 5 heteroatoms. The van der Waals surface area contributed by atoms with Gasteiger partial charge < -0.3 is 5.73 Å². The van der Waals surface area contributed by atoms with Crippen LogP contribution in [0.25, 0.3) is 0 Å². The zero-order valence-corrected chi connectivity index (χ0v) is 10.4. The van der Waals surface area contributed by atoms with Crippen molar-refractivity contribution in [1.82, 2.24) is 0 Å². The second-order valence-electron chi connectivity index (χ2n) is 5.22. The summed E-state index contributed by atoms with van der Waals surface area (Å²) in [5.41, 5.74) is 5.95. The Morgan fingerprint density at radius 3 is 2.26 bits per heavy atom. The van der Waals surface area contributed by atoms with Crippen molar-refractivity contribution in [3.63, 3.8) is 0 Å². The molecule has 2 unspecified atom stereocenters. The number of carbonyl (C=O) groups excluding carboxylic acids is 2. The minimum Gasteiger partial charge on any atom is -0.399 e. The van der Waals surface area contributed by atoms with Crippen molar-refractivity contribution in [1.29, 1.82) is 0 Å². The number of fused-ring (bicyclic) bond motifs is 1. The summed E-state index contributed by atoms with van der Waals surface area (Å²) in [6.45, 7) is 0. The maximum absolute atomic E-state index is 13.8. The van der Waals surface area contributed by atoms with E-state index in [4.69, 9.17) is 5.73 Å². The molecule has 2 atom stereocenters. The van der Waals surface area contributed by atoms with Gasteiger partial charge in [0.25, 0.3) is 0 Å². The Labute approximate surface area is 110 Å². The van der Waals surface area contributed by atoms with Gasteiger partial charge in [-0.05, 0) is 31.0 Å². The molecule has 1 saturated heterocycles. The first-order chi connectivity index (χ1) is 9.09. The van der Waals surface area contributed by atoms with E-state index in [2.05, 4.69) is 0 Å². The van der Waals surface area contributed by atoms with E-state index in [1.807, 2.05) is 0 Å². The second kappa shape index (κ2) is 4.33. The van der Waals surface area contributed by atoms with Crippen molar-refractivity contribution in [2.45, 2.75) is 25.7 Å². The molecule has 0 aromatic heterocycles. The molecular formula is C14H15FN2O2. The van der Waals surface area contributed by atoms with E-state index in [0.717, 1.165) is 30.6 Å². The Kier molecular flexibility index (Phi) is 2.77. The van der Waals surface area contributed by atoms with Gasteiger partial charge in [0.2, 0.25) is 11.8 Å². The Bertz CT molecular complexity index is 534. The minimum atomic E-state index is -0.588. The molecule has 2 aliphatic rings. The van der Waals surface area contributed by atoms with Crippen LogP contribution in [-0.2, 0) is 9.59 Å². The van der Waals surface area contributed by atoms with E-state index in [1.54, 1.807) is 0 Å². The highest BCUT2D eigenvalue weighted by Gasteiger charge is 2.49. The smallest absolute Gasteiger partial charge is 0.237 e. The van der Waals surface area contributed by atoms with Gasteiger partial charge in [0.05, 0.1) is 17.5 Å². The molecule has 0 spiro atoms. The Morgan fingerprint density at radius 1 is 1.11 bits per heavy atom. The number of nitrogens with zero attached hydrogens (tertiary/aromatic N) is 1. The second-order valence-corrected chi connectivity index (χ2v) is 5.22. The lowest BCUT2D eigenvalue weighted by Crippen LogP contribution is -2.31. The Balaban J connectivity index is 2.03. The monoisotopic (exact) mass is 262 g/mol. The van der Waals surface area contributed by atoms with Crippen molar-refractivity contribution in [2.75, 3.05) is 10.6 Å². The van der Waals surface area contributed by atoms with Crippen molar-refractivity contribution < 1.29 is 14.0 Å². The zero-order chi connectivity index (χ0) is 13.6. The fourth-order valence-electron chi connectivity index (χ4n) is 3.10. The van der Waals surface area contributed by atoms with Gasteiger partial charge in [-0.3, -0.25) is 9.59 Å². The first-order valence-electron chi connectivity index (χ1n) is 6.52. The van der Waals surface area contributed by atoms with Crippen LogP contribution in [0, 0.1) is 17.7 Å². The molecule has 1 saturated carbocycles. The first kappa shape index (κ1) is 12.1. The van der Waals surface area contributed by atoms with Gasteiger partial charge in [-0.1, -0.05) is 12.8 Å². The van der Waals surface area contributed by atoms with Gasteiger partial charge in [0.15, 0.2) is 0 Å². The molecule has 1 heterocycles. The highest BCUT2D eigenvalue weighted by molar-refractivity contribution is 6.22. The largest absolute Gasteiger partial charge is 0.399 e. The summed E-state index contributed by atoms with van der Waals surface area (Å²) in [7, 11) is 0. The normalized spacial score (nSPS) is 26.7.